The van der Waals surface area contributed by atoms with E-state index in [4.69, 9.17) is 11.6 Å². The van der Waals surface area contributed by atoms with Crippen LogP contribution in [0.15, 0.2) is 21.8 Å². The van der Waals surface area contributed by atoms with Gasteiger partial charge in [0.2, 0.25) is 0 Å². The number of sulfonamides is 1. The molecule has 1 N–H and O–H groups in total. The predicted octanol–water partition coefficient (Wildman–Crippen LogP) is 0.899. The molecule has 1 aliphatic rings. The average Bonchev–Trinajstić information content (AvgIpc) is 2.82. The summed E-state index contributed by atoms with van der Waals surface area (Å²) < 4.78 is 47.9. The lowest BCUT2D eigenvalue weighted by atomic mass is 10.4. The summed E-state index contributed by atoms with van der Waals surface area (Å²) >= 11 is 6.12. The number of rotatable bonds is 4. The van der Waals surface area contributed by atoms with E-state index in [1.165, 1.54) is 6.08 Å². The largest absolute Gasteiger partial charge is 0.300 e. The summed E-state index contributed by atoms with van der Waals surface area (Å²) in [6.07, 6.45) is 1.20. The maximum absolute atomic E-state index is 12.0. The SMILES string of the molecule is O=[N+]([O-])c1cc(S(=O)(=O)NC2C=CS(=O)(=O)C2)sc1Cl. The lowest BCUT2D eigenvalue weighted by Gasteiger charge is -2.08. The second kappa shape index (κ2) is 5.07. The van der Waals surface area contributed by atoms with Gasteiger partial charge in [-0.25, -0.2) is 21.6 Å². The average molecular weight is 359 g/mol. The standard InChI is InChI=1S/C8H7ClN2O6S3/c9-8-6(11(12)13)3-7(18-8)20(16,17)10-5-1-2-19(14,15)4-5/h1-3,5,10H,4H2. The zero-order chi connectivity index (χ0) is 15.1. The van der Waals surface area contributed by atoms with Crippen LogP contribution >= 0.6 is 22.9 Å². The van der Waals surface area contributed by atoms with E-state index in [-0.39, 0.29) is 14.3 Å². The van der Waals surface area contributed by atoms with Gasteiger partial charge in [0.1, 0.15) is 4.21 Å². The lowest BCUT2D eigenvalue weighted by Crippen LogP contribution is -2.35. The van der Waals surface area contributed by atoms with Gasteiger partial charge >= 0.3 is 0 Å². The quantitative estimate of drug-likeness (QED) is 0.630. The van der Waals surface area contributed by atoms with Gasteiger partial charge in [-0.1, -0.05) is 17.7 Å². The monoisotopic (exact) mass is 358 g/mol. The Balaban J connectivity index is 2.26. The number of thiophene rings is 1. The molecule has 2 heterocycles. The molecule has 12 heteroatoms. The molecule has 0 radical (unpaired) electrons. The second-order valence-corrected chi connectivity index (χ2v) is 9.39. The minimum atomic E-state index is -4.07. The van der Waals surface area contributed by atoms with Crippen molar-refractivity contribution >= 4 is 48.5 Å². The summed E-state index contributed by atoms with van der Waals surface area (Å²) in [7, 11) is -7.47. The Kier molecular flexibility index (Phi) is 3.90. The normalized spacial score (nSPS) is 21.1. The number of sulfone groups is 1. The molecule has 1 atom stereocenters. The number of nitro groups is 1. The van der Waals surface area contributed by atoms with Crippen molar-refractivity contribution in [3.8, 4) is 0 Å². The first-order chi connectivity index (χ1) is 9.11. The minimum absolute atomic E-state index is 0.259. The highest BCUT2D eigenvalue weighted by Crippen LogP contribution is 2.36. The van der Waals surface area contributed by atoms with Crippen molar-refractivity contribution in [3.63, 3.8) is 0 Å². The molecule has 0 spiro atoms. The highest BCUT2D eigenvalue weighted by Gasteiger charge is 2.30. The molecule has 110 valence electrons. The molecule has 1 aromatic heterocycles. The third-order valence-electron chi connectivity index (χ3n) is 2.34. The van der Waals surface area contributed by atoms with E-state index in [2.05, 4.69) is 4.72 Å². The maximum atomic E-state index is 12.0. The Hall–Kier alpha value is -1.01. The van der Waals surface area contributed by atoms with Gasteiger partial charge in [0.05, 0.1) is 16.7 Å². The highest BCUT2D eigenvalue weighted by molar-refractivity contribution is 7.94. The van der Waals surface area contributed by atoms with Gasteiger partial charge in [-0.05, 0) is 0 Å². The van der Waals surface area contributed by atoms with Crippen molar-refractivity contribution in [3.05, 3.63) is 32.0 Å². The fraction of sp³-hybridized carbons (Fsp3) is 0.250. The molecule has 1 aliphatic heterocycles. The van der Waals surface area contributed by atoms with Crippen LogP contribution in [0.4, 0.5) is 5.69 Å². The minimum Gasteiger partial charge on any atom is -0.258 e. The molecule has 0 aliphatic carbocycles. The molecule has 0 saturated carbocycles. The zero-order valence-electron chi connectivity index (χ0n) is 9.52. The smallest absolute Gasteiger partial charge is 0.258 e. The number of nitrogens with one attached hydrogen (secondary N) is 1. The third kappa shape index (κ3) is 3.17. The van der Waals surface area contributed by atoms with Crippen LogP contribution < -0.4 is 4.72 Å². The van der Waals surface area contributed by atoms with Gasteiger partial charge in [-0.2, -0.15) is 0 Å². The Labute approximate surface area is 123 Å². The molecular formula is C8H7ClN2O6S3. The highest BCUT2D eigenvalue weighted by atomic mass is 35.5. The van der Waals surface area contributed by atoms with Crippen molar-refractivity contribution in [1.29, 1.82) is 0 Å². The molecule has 0 fully saturated rings. The Morgan fingerprint density at radius 3 is 2.60 bits per heavy atom. The lowest BCUT2D eigenvalue weighted by molar-refractivity contribution is -0.384. The van der Waals surface area contributed by atoms with Gasteiger partial charge in [0, 0.05) is 11.5 Å². The number of nitrogens with zero attached hydrogens (tertiary/aromatic N) is 1. The maximum Gasteiger partial charge on any atom is 0.300 e. The fourth-order valence-electron chi connectivity index (χ4n) is 1.50. The molecule has 8 nitrogen and oxygen atoms in total. The summed E-state index contributed by atoms with van der Waals surface area (Å²) in [5.41, 5.74) is -0.508. The van der Waals surface area contributed by atoms with E-state index >= 15 is 0 Å². The Bertz CT molecular complexity index is 794. The second-order valence-electron chi connectivity index (χ2n) is 3.87. The van der Waals surface area contributed by atoms with Gasteiger partial charge < -0.3 is 0 Å². The van der Waals surface area contributed by atoms with Crippen LogP contribution in [0.2, 0.25) is 4.34 Å². The van der Waals surface area contributed by atoms with Crippen LogP contribution in [0.3, 0.4) is 0 Å². The molecule has 1 unspecified atom stereocenters. The summed E-state index contributed by atoms with van der Waals surface area (Å²) in [6.45, 7) is 0. The molecule has 0 bridgehead atoms. The van der Waals surface area contributed by atoms with E-state index < -0.39 is 36.5 Å². The number of halogens is 1. The number of hydrogen-bond acceptors (Lipinski definition) is 7. The summed E-state index contributed by atoms with van der Waals surface area (Å²) in [4.78, 5) is 9.82. The molecule has 20 heavy (non-hydrogen) atoms. The van der Waals surface area contributed by atoms with Crippen molar-refractivity contribution in [2.45, 2.75) is 10.3 Å². The first kappa shape index (κ1) is 15.4. The van der Waals surface area contributed by atoms with Gasteiger partial charge in [0.15, 0.2) is 14.2 Å². The predicted molar refractivity (Wildman–Crippen MR) is 73.0 cm³/mol. The van der Waals surface area contributed by atoms with Crippen LogP contribution in [-0.2, 0) is 19.9 Å². The molecule has 0 amide bonds. The third-order valence-corrected chi connectivity index (χ3v) is 7.04. The zero-order valence-corrected chi connectivity index (χ0v) is 12.7. The molecule has 0 saturated heterocycles. The first-order valence-electron chi connectivity index (χ1n) is 4.98. The van der Waals surface area contributed by atoms with Crippen LogP contribution in [0, 0.1) is 10.1 Å². The van der Waals surface area contributed by atoms with Crippen LogP contribution in [0.1, 0.15) is 0 Å². The van der Waals surface area contributed by atoms with E-state index in [9.17, 15) is 26.9 Å². The van der Waals surface area contributed by atoms with E-state index in [1.807, 2.05) is 0 Å². The van der Waals surface area contributed by atoms with E-state index in [0.29, 0.717) is 11.3 Å². The molecule has 1 aromatic rings. The Morgan fingerprint density at radius 1 is 1.50 bits per heavy atom. The van der Waals surface area contributed by atoms with Crippen molar-refractivity contribution in [2.24, 2.45) is 0 Å². The fourth-order valence-corrected chi connectivity index (χ4v) is 5.71. The van der Waals surface area contributed by atoms with E-state index in [0.717, 1.165) is 11.5 Å². The van der Waals surface area contributed by atoms with Crippen LogP contribution in [0.5, 0.6) is 0 Å². The van der Waals surface area contributed by atoms with Gasteiger partial charge in [-0.3, -0.25) is 10.1 Å². The van der Waals surface area contributed by atoms with Gasteiger partial charge in [-0.15, -0.1) is 11.3 Å². The van der Waals surface area contributed by atoms with Crippen molar-refractivity contribution in [2.75, 3.05) is 5.75 Å². The summed E-state index contributed by atoms with van der Waals surface area (Å²) in [5, 5.41) is 11.5. The number of hydrogen-bond donors (Lipinski definition) is 1. The Morgan fingerprint density at radius 2 is 2.15 bits per heavy atom. The van der Waals surface area contributed by atoms with Crippen molar-refractivity contribution < 1.29 is 21.8 Å². The summed E-state index contributed by atoms with van der Waals surface area (Å²) in [5.74, 6) is -0.382. The summed E-state index contributed by atoms with van der Waals surface area (Å²) in [6, 6.07) is -0.0624. The van der Waals surface area contributed by atoms with Crippen LogP contribution in [0.25, 0.3) is 0 Å². The molecule has 2 rings (SSSR count). The molecule has 0 aromatic carbocycles. The first-order valence-corrected chi connectivity index (χ1v) is 9.37. The van der Waals surface area contributed by atoms with Gasteiger partial charge in [0.25, 0.3) is 15.7 Å². The van der Waals surface area contributed by atoms with Crippen molar-refractivity contribution in [1.82, 2.24) is 4.72 Å². The topological polar surface area (TPSA) is 123 Å². The van der Waals surface area contributed by atoms with Crippen LogP contribution in [-0.4, -0.2) is 33.6 Å². The molecular weight excluding hydrogens is 352 g/mol. The van der Waals surface area contributed by atoms with E-state index in [1.54, 1.807) is 0 Å².